The number of amides is 1. The SMILES string of the molecule is COCCN1[C@@H]2CCCC[C@@]2(C(=O)Nc2ccc(CN3CCCC3)cc2)CCS1(=O)=O. The number of likely N-dealkylation sites (tertiary alicyclic amines) is 1. The van der Waals surface area contributed by atoms with Crippen molar-refractivity contribution < 1.29 is 17.9 Å². The highest BCUT2D eigenvalue weighted by Crippen LogP contribution is 2.47. The van der Waals surface area contributed by atoms with Crippen molar-refractivity contribution in [3.8, 4) is 0 Å². The monoisotopic (exact) mass is 449 g/mol. The minimum absolute atomic E-state index is 0.0232. The highest BCUT2D eigenvalue weighted by Gasteiger charge is 2.55. The number of sulfonamides is 1. The summed E-state index contributed by atoms with van der Waals surface area (Å²) in [7, 11) is -1.79. The molecule has 0 bridgehead atoms. The number of nitrogens with zero attached hydrogens (tertiary/aromatic N) is 2. The van der Waals surface area contributed by atoms with Crippen molar-refractivity contribution in [1.82, 2.24) is 9.21 Å². The number of ether oxygens (including phenoxy) is 1. The first-order valence-corrected chi connectivity index (χ1v) is 13.2. The summed E-state index contributed by atoms with van der Waals surface area (Å²) in [6, 6.07) is 7.82. The number of benzene rings is 1. The van der Waals surface area contributed by atoms with Crippen LogP contribution in [0.3, 0.4) is 0 Å². The van der Waals surface area contributed by atoms with Gasteiger partial charge in [-0.15, -0.1) is 0 Å². The fourth-order valence-electron chi connectivity index (χ4n) is 5.56. The predicted octanol–water partition coefficient (Wildman–Crippen LogP) is 2.83. The Morgan fingerprint density at radius 1 is 1.13 bits per heavy atom. The summed E-state index contributed by atoms with van der Waals surface area (Å²) in [4.78, 5) is 16.0. The van der Waals surface area contributed by atoms with Crippen LogP contribution in [0.25, 0.3) is 0 Å². The zero-order valence-corrected chi connectivity index (χ0v) is 19.3. The Balaban J connectivity index is 1.49. The van der Waals surface area contributed by atoms with Crippen LogP contribution in [0.4, 0.5) is 5.69 Å². The number of methoxy groups -OCH3 is 1. The minimum Gasteiger partial charge on any atom is -0.383 e. The van der Waals surface area contributed by atoms with Gasteiger partial charge in [0.05, 0.1) is 17.8 Å². The molecule has 7 nitrogen and oxygen atoms in total. The highest BCUT2D eigenvalue weighted by atomic mass is 32.2. The van der Waals surface area contributed by atoms with Crippen molar-refractivity contribution in [2.75, 3.05) is 44.4 Å². The topological polar surface area (TPSA) is 79.0 Å². The number of hydrogen-bond donors (Lipinski definition) is 1. The van der Waals surface area contributed by atoms with Crippen LogP contribution in [0.15, 0.2) is 24.3 Å². The molecule has 31 heavy (non-hydrogen) atoms. The van der Waals surface area contributed by atoms with Crippen molar-refractivity contribution in [3.63, 3.8) is 0 Å². The standard InChI is InChI=1S/C23H35N3O4S/c1-30-16-15-26-21-6-2-3-11-23(21,12-17-31(26,28)29)22(27)24-20-9-7-19(8-10-20)18-25-13-4-5-14-25/h7-10,21H,2-6,11-18H2,1H3,(H,24,27)/t21-,23-/m1/s1. The molecule has 4 rings (SSSR count). The van der Waals surface area contributed by atoms with Gasteiger partial charge >= 0.3 is 0 Å². The lowest BCUT2D eigenvalue weighted by atomic mass is 9.67. The molecule has 1 aromatic rings. The van der Waals surface area contributed by atoms with E-state index < -0.39 is 15.4 Å². The zero-order chi connectivity index (χ0) is 21.9. The molecule has 8 heteroatoms. The Hall–Kier alpha value is -1.48. The molecule has 0 spiro atoms. The normalized spacial score (nSPS) is 28.9. The fourth-order valence-corrected chi connectivity index (χ4v) is 7.46. The van der Waals surface area contributed by atoms with E-state index in [0.717, 1.165) is 51.0 Å². The third-order valence-electron chi connectivity index (χ3n) is 7.28. The Morgan fingerprint density at radius 3 is 2.58 bits per heavy atom. The summed E-state index contributed by atoms with van der Waals surface area (Å²) < 4.78 is 32.3. The molecule has 1 aliphatic carbocycles. The molecule has 1 saturated carbocycles. The van der Waals surface area contributed by atoms with Crippen LogP contribution in [-0.4, -0.2) is 68.7 Å². The number of hydrogen-bond acceptors (Lipinski definition) is 5. The molecule has 2 heterocycles. The lowest BCUT2D eigenvalue weighted by Gasteiger charge is -2.50. The zero-order valence-electron chi connectivity index (χ0n) is 18.5. The van der Waals surface area contributed by atoms with E-state index in [9.17, 15) is 13.2 Å². The first kappa shape index (κ1) is 22.7. The maximum Gasteiger partial charge on any atom is 0.232 e. The number of carbonyl (C=O) groups is 1. The largest absolute Gasteiger partial charge is 0.383 e. The number of nitrogens with one attached hydrogen (secondary N) is 1. The highest BCUT2D eigenvalue weighted by molar-refractivity contribution is 7.89. The van der Waals surface area contributed by atoms with E-state index >= 15 is 0 Å². The Kier molecular flexibility index (Phi) is 7.01. The second kappa shape index (κ2) is 9.57. The van der Waals surface area contributed by atoms with Gasteiger partial charge in [-0.2, -0.15) is 4.31 Å². The molecule has 172 valence electrons. The second-order valence-corrected chi connectivity index (χ2v) is 11.3. The number of rotatable bonds is 7. The quantitative estimate of drug-likeness (QED) is 0.693. The van der Waals surface area contributed by atoms with Crippen molar-refractivity contribution in [2.24, 2.45) is 5.41 Å². The first-order valence-electron chi connectivity index (χ1n) is 11.6. The summed E-state index contributed by atoms with van der Waals surface area (Å²) >= 11 is 0. The van der Waals surface area contributed by atoms with E-state index in [0.29, 0.717) is 19.6 Å². The third kappa shape index (κ3) is 4.82. The van der Waals surface area contributed by atoms with Gasteiger partial charge in [-0.05, 0) is 62.9 Å². The molecule has 2 aliphatic heterocycles. The molecule has 3 fully saturated rings. The van der Waals surface area contributed by atoms with Crippen LogP contribution in [0.2, 0.25) is 0 Å². The smallest absolute Gasteiger partial charge is 0.232 e. The maximum atomic E-state index is 13.5. The molecule has 3 aliphatic rings. The van der Waals surface area contributed by atoms with Gasteiger partial charge < -0.3 is 10.1 Å². The van der Waals surface area contributed by atoms with Crippen LogP contribution in [0.1, 0.15) is 50.5 Å². The van der Waals surface area contributed by atoms with Crippen LogP contribution >= 0.6 is 0 Å². The van der Waals surface area contributed by atoms with E-state index in [4.69, 9.17) is 4.74 Å². The summed E-state index contributed by atoms with van der Waals surface area (Å²) in [6.45, 7) is 3.91. The Labute approximate surface area is 186 Å². The van der Waals surface area contributed by atoms with E-state index in [2.05, 4.69) is 22.3 Å². The lowest BCUT2D eigenvalue weighted by Crippen LogP contribution is -2.62. The second-order valence-electron chi connectivity index (χ2n) is 9.22. The first-order chi connectivity index (χ1) is 14.9. The number of anilines is 1. The fraction of sp³-hybridized carbons (Fsp3) is 0.696. The van der Waals surface area contributed by atoms with E-state index in [1.54, 1.807) is 11.4 Å². The Morgan fingerprint density at radius 2 is 1.87 bits per heavy atom. The number of carbonyl (C=O) groups excluding carboxylic acids is 1. The third-order valence-corrected chi connectivity index (χ3v) is 9.16. The van der Waals surface area contributed by atoms with Gasteiger partial charge in [-0.1, -0.05) is 25.0 Å². The summed E-state index contributed by atoms with van der Waals surface area (Å²) in [6.07, 6.45) is 6.30. The van der Waals surface area contributed by atoms with Crippen molar-refractivity contribution >= 4 is 21.6 Å². The molecule has 1 N–H and O–H groups in total. The molecule has 1 aromatic carbocycles. The average molecular weight is 450 g/mol. The van der Waals surface area contributed by atoms with Crippen LogP contribution < -0.4 is 5.32 Å². The number of fused-ring (bicyclic) bond motifs is 1. The Bertz CT molecular complexity index is 867. The van der Waals surface area contributed by atoms with Crippen LogP contribution in [-0.2, 0) is 26.1 Å². The van der Waals surface area contributed by atoms with E-state index in [1.165, 1.54) is 18.4 Å². The molecule has 0 aromatic heterocycles. The summed E-state index contributed by atoms with van der Waals surface area (Å²) in [5.74, 6) is -0.0168. The van der Waals surface area contributed by atoms with E-state index in [-0.39, 0.29) is 17.7 Å². The molecule has 2 saturated heterocycles. The van der Waals surface area contributed by atoms with Gasteiger partial charge in [-0.3, -0.25) is 9.69 Å². The molecule has 2 atom stereocenters. The predicted molar refractivity (Wildman–Crippen MR) is 121 cm³/mol. The van der Waals surface area contributed by atoms with Gasteiger partial charge in [0.15, 0.2) is 0 Å². The molecule has 0 radical (unpaired) electrons. The van der Waals surface area contributed by atoms with Crippen LogP contribution in [0, 0.1) is 5.41 Å². The summed E-state index contributed by atoms with van der Waals surface area (Å²) in [5.41, 5.74) is 1.37. The van der Waals surface area contributed by atoms with Gasteiger partial charge in [-0.25, -0.2) is 8.42 Å². The van der Waals surface area contributed by atoms with Gasteiger partial charge in [0.2, 0.25) is 15.9 Å². The van der Waals surface area contributed by atoms with Gasteiger partial charge in [0, 0.05) is 31.9 Å². The minimum atomic E-state index is -3.36. The molecule has 1 amide bonds. The average Bonchev–Trinajstić information content (AvgIpc) is 3.27. The van der Waals surface area contributed by atoms with Gasteiger partial charge in [0.1, 0.15) is 0 Å². The van der Waals surface area contributed by atoms with Gasteiger partial charge in [0.25, 0.3) is 0 Å². The van der Waals surface area contributed by atoms with Crippen molar-refractivity contribution in [2.45, 2.75) is 57.5 Å². The van der Waals surface area contributed by atoms with Crippen molar-refractivity contribution in [3.05, 3.63) is 29.8 Å². The van der Waals surface area contributed by atoms with E-state index in [1.807, 2.05) is 12.1 Å². The molecular weight excluding hydrogens is 414 g/mol. The summed E-state index contributed by atoms with van der Waals surface area (Å²) in [5, 5.41) is 3.12. The van der Waals surface area contributed by atoms with Crippen LogP contribution in [0.5, 0.6) is 0 Å². The van der Waals surface area contributed by atoms with Crippen molar-refractivity contribution in [1.29, 1.82) is 0 Å². The lowest BCUT2D eigenvalue weighted by molar-refractivity contribution is -0.132. The molecule has 0 unspecified atom stereocenters. The molecular formula is C23H35N3O4S. The maximum absolute atomic E-state index is 13.5.